The largest absolute Gasteiger partial charge is 0.313 e. The first-order valence-corrected chi connectivity index (χ1v) is 7.74. The highest BCUT2D eigenvalue weighted by Gasteiger charge is 2.23. The summed E-state index contributed by atoms with van der Waals surface area (Å²) in [6, 6.07) is 6.93. The zero-order valence-electron chi connectivity index (χ0n) is 9.23. The van der Waals surface area contributed by atoms with Crippen molar-refractivity contribution in [1.82, 2.24) is 5.32 Å². The summed E-state index contributed by atoms with van der Waals surface area (Å²) in [4.78, 5) is 0.407. The summed E-state index contributed by atoms with van der Waals surface area (Å²) in [6.45, 7) is 0.931. The molecule has 0 aromatic heterocycles. The molecule has 96 valence electrons. The summed E-state index contributed by atoms with van der Waals surface area (Å²) in [7, 11) is -3.14. The number of sulfone groups is 1. The average molecular weight is 341 g/mol. The highest BCUT2D eigenvalue weighted by Crippen LogP contribution is 2.18. The zero-order valence-corrected chi connectivity index (χ0v) is 12.4. The summed E-state index contributed by atoms with van der Waals surface area (Å²) >= 11 is 3.29. The Kier molecular flexibility index (Phi) is 5.44. The molecule has 1 aliphatic rings. The second-order valence-electron chi connectivity index (χ2n) is 4.03. The molecule has 17 heavy (non-hydrogen) atoms. The van der Waals surface area contributed by atoms with Gasteiger partial charge in [0.1, 0.15) is 0 Å². The molecular formula is C11H15BrClNO2S. The topological polar surface area (TPSA) is 46.2 Å². The van der Waals surface area contributed by atoms with Gasteiger partial charge in [-0.3, -0.25) is 0 Å². The lowest BCUT2D eigenvalue weighted by atomic mass is 10.3. The van der Waals surface area contributed by atoms with Crippen LogP contribution in [-0.2, 0) is 9.84 Å². The average Bonchev–Trinajstić information content (AvgIpc) is 2.70. The summed E-state index contributed by atoms with van der Waals surface area (Å²) in [5, 5.41) is 3.21. The normalized spacial score (nSPS) is 19.9. The highest BCUT2D eigenvalue weighted by atomic mass is 79.9. The van der Waals surface area contributed by atoms with Crippen molar-refractivity contribution in [2.75, 3.05) is 12.3 Å². The molecule has 1 N–H and O–H groups in total. The van der Waals surface area contributed by atoms with Crippen LogP contribution in [-0.4, -0.2) is 26.8 Å². The molecule has 0 spiro atoms. The molecule has 1 heterocycles. The fourth-order valence-corrected chi connectivity index (χ4v) is 3.72. The fraction of sp³-hybridized carbons (Fsp3) is 0.455. The van der Waals surface area contributed by atoms with Gasteiger partial charge in [-0.1, -0.05) is 15.9 Å². The lowest BCUT2D eigenvalue weighted by Crippen LogP contribution is -2.29. The molecule has 1 saturated heterocycles. The molecular weight excluding hydrogens is 326 g/mol. The minimum atomic E-state index is -3.14. The van der Waals surface area contributed by atoms with E-state index in [1.807, 2.05) is 0 Å². The molecule has 1 fully saturated rings. The van der Waals surface area contributed by atoms with E-state index in [1.165, 1.54) is 0 Å². The first-order valence-electron chi connectivity index (χ1n) is 5.30. The zero-order chi connectivity index (χ0) is 11.6. The van der Waals surface area contributed by atoms with Crippen LogP contribution < -0.4 is 5.32 Å². The second-order valence-corrected chi connectivity index (χ2v) is 6.98. The number of hydrogen-bond acceptors (Lipinski definition) is 3. The van der Waals surface area contributed by atoms with Crippen molar-refractivity contribution in [3.63, 3.8) is 0 Å². The molecule has 3 nitrogen and oxygen atoms in total. The van der Waals surface area contributed by atoms with E-state index in [0.29, 0.717) is 4.90 Å². The highest BCUT2D eigenvalue weighted by molar-refractivity contribution is 9.10. The Labute approximate surface area is 116 Å². The molecule has 1 aromatic rings. The fourth-order valence-electron chi connectivity index (χ4n) is 1.90. The molecule has 0 saturated carbocycles. The lowest BCUT2D eigenvalue weighted by Gasteiger charge is -2.10. The smallest absolute Gasteiger partial charge is 0.179 e. The van der Waals surface area contributed by atoms with E-state index in [9.17, 15) is 8.42 Å². The number of halogens is 2. The van der Waals surface area contributed by atoms with Gasteiger partial charge in [-0.05, 0) is 43.7 Å². The monoisotopic (exact) mass is 339 g/mol. The van der Waals surface area contributed by atoms with Gasteiger partial charge in [-0.15, -0.1) is 12.4 Å². The van der Waals surface area contributed by atoms with Gasteiger partial charge < -0.3 is 5.32 Å². The Hall–Kier alpha value is -0.100. The van der Waals surface area contributed by atoms with Gasteiger partial charge in [-0.25, -0.2) is 8.42 Å². The second kappa shape index (κ2) is 6.18. The number of hydrogen-bond donors (Lipinski definition) is 1. The predicted molar refractivity (Wildman–Crippen MR) is 74.5 cm³/mol. The third-order valence-corrected chi connectivity index (χ3v) is 5.12. The lowest BCUT2D eigenvalue weighted by molar-refractivity contribution is 0.577. The number of benzene rings is 1. The third kappa shape index (κ3) is 3.95. The van der Waals surface area contributed by atoms with Crippen LogP contribution in [0.1, 0.15) is 12.8 Å². The van der Waals surface area contributed by atoms with Crippen LogP contribution in [0, 0.1) is 0 Å². The molecule has 0 radical (unpaired) electrons. The van der Waals surface area contributed by atoms with Crippen molar-refractivity contribution >= 4 is 38.2 Å². The number of nitrogens with one attached hydrogen (secondary N) is 1. The number of rotatable bonds is 3. The van der Waals surface area contributed by atoms with E-state index >= 15 is 0 Å². The van der Waals surface area contributed by atoms with Crippen molar-refractivity contribution in [3.8, 4) is 0 Å². The van der Waals surface area contributed by atoms with E-state index in [4.69, 9.17) is 0 Å². The molecule has 6 heteroatoms. The molecule has 1 aromatic carbocycles. The van der Waals surface area contributed by atoms with Crippen molar-refractivity contribution in [3.05, 3.63) is 28.7 Å². The van der Waals surface area contributed by atoms with Gasteiger partial charge >= 0.3 is 0 Å². The van der Waals surface area contributed by atoms with E-state index in [-0.39, 0.29) is 24.2 Å². The van der Waals surface area contributed by atoms with Crippen molar-refractivity contribution in [2.45, 2.75) is 23.8 Å². The van der Waals surface area contributed by atoms with E-state index in [1.54, 1.807) is 24.3 Å². The predicted octanol–water partition coefficient (Wildman–Crippen LogP) is 2.40. The van der Waals surface area contributed by atoms with Crippen molar-refractivity contribution in [2.24, 2.45) is 0 Å². The molecule has 1 atom stereocenters. The minimum Gasteiger partial charge on any atom is -0.313 e. The van der Waals surface area contributed by atoms with Crippen LogP contribution in [0.3, 0.4) is 0 Å². The Morgan fingerprint density at radius 2 is 1.94 bits per heavy atom. The molecule has 2 rings (SSSR count). The van der Waals surface area contributed by atoms with Crippen LogP contribution >= 0.6 is 28.3 Å². The standard InChI is InChI=1S/C11H14BrNO2S.ClH/c12-9-3-5-11(6-4-9)16(14,15)8-10-2-1-7-13-10;/h3-6,10,13H,1-2,7-8H2;1H. The molecule has 1 unspecified atom stereocenters. The maximum absolute atomic E-state index is 12.0. The Bertz CT molecular complexity index is 455. The summed E-state index contributed by atoms with van der Waals surface area (Å²) in [6.07, 6.45) is 2.02. The van der Waals surface area contributed by atoms with Crippen LogP contribution in [0.2, 0.25) is 0 Å². The van der Waals surface area contributed by atoms with Crippen molar-refractivity contribution in [1.29, 1.82) is 0 Å². The van der Waals surface area contributed by atoms with Gasteiger partial charge in [0.2, 0.25) is 0 Å². The Balaban J connectivity index is 0.00000144. The van der Waals surface area contributed by atoms with Crippen molar-refractivity contribution < 1.29 is 8.42 Å². The van der Waals surface area contributed by atoms with Gasteiger partial charge in [0, 0.05) is 10.5 Å². The SMILES string of the molecule is Cl.O=S(=O)(CC1CCCN1)c1ccc(Br)cc1. The summed E-state index contributed by atoms with van der Waals surface area (Å²) < 4.78 is 25.0. The van der Waals surface area contributed by atoms with Gasteiger partial charge in [-0.2, -0.15) is 0 Å². The molecule has 0 amide bonds. The molecule has 1 aliphatic heterocycles. The van der Waals surface area contributed by atoms with Crippen LogP contribution in [0.25, 0.3) is 0 Å². The van der Waals surface area contributed by atoms with E-state index in [2.05, 4.69) is 21.2 Å². The van der Waals surface area contributed by atoms with Gasteiger partial charge in [0.15, 0.2) is 9.84 Å². The molecule has 0 bridgehead atoms. The molecule has 0 aliphatic carbocycles. The van der Waals surface area contributed by atoms with Crippen LogP contribution in [0.5, 0.6) is 0 Å². The van der Waals surface area contributed by atoms with Crippen LogP contribution in [0.15, 0.2) is 33.6 Å². The van der Waals surface area contributed by atoms with E-state index in [0.717, 1.165) is 23.9 Å². The van der Waals surface area contributed by atoms with Gasteiger partial charge in [0.25, 0.3) is 0 Å². The Morgan fingerprint density at radius 3 is 2.47 bits per heavy atom. The first kappa shape index (κ1) is 15.0. The quantitative estimate of drug-likeness (QED) is 0.919. The van der Waals surface area contributed by atoms with E-state index < -0.39 is 9.84 Å². The maximum atomic E-state index is 12.0. The third-order valence-electron chi connectivity index (χ3n) is 2.76. The summed E-state index contributed by atoms with van der Waals surface area (Å²) in [5.74, 6) is 0.203. The maximum Gasteiger partial charge on any atom is 0.179 e. The van der Waals surface area contributed by atoms with Gasteiger partial charge in [0.05, 0.1) is 10.6 Å². The van der Waals surface area contributed by atoms with Crippen LogP contribution in [0.4, 0.5) is 0 Å². The Morgan fingerprint density at radius 1 is 1.29 bits per heavy atom. The summed E-state index contributed by atoms with van der Waals surface area (Å²) in [5.41, 5.74) is 0. The minimum absolute atomic E-state index is 0. The first-order chi connectivity index (χ1) is 7.58.